The minimum atomic E-state index is -0.681. The van der Waals surface area contributed by atoms with Crippen molar-refractivity contribution in [1.82, 2.24) is 9.27 Å². The highest BCUT2D eigenvalue weighted by molar-refractivity contribution is 7.10. The zero-order valence-corrected chi connectivity index (χ0v) is 25.1. The zero-order valence-electron chi connectivity index (χ0n) is 24.2. The number of rotatable bonds is 10. The molecule has 0 spiro atoms. The average molecular weight is 594 g/mol. The minimum Gasteiger partial charge on any atom is -0.493 e. The maximum absolute atomic E-state index is 13.2. The van der Waals surface area contributed by atoms with Crippen LogP contribution in [0.1, 0.15) is 36.6 Å². The van der Waals surface area contributed by atoms with Crippen LogP contribution in [0.2, 0.25) is 0 Å². The highest BCUT2D eigenvalue weighted by Crippen LogP contribution is 2.47. The number of carbonyl (C=O) groups is 1. The maximum Gasteiger partial charge on any atom is 0.315 e. The van der Waals surface area contributed by atoms with Crippen molar-refractivity contribution in [1.29, 1.82) is 0 Å². The van der Waals surface area contributed by atoms with Gasteiger partial charge in [0.15, 0.2) is 11.5 Å². The molecular formula is C30H35N5O6S. The molecule has 0 aliphatic carbocycles. The lowest BCUT2D eigenvalue weighted by molar-refractivity contribution is -0.384. The second kappa shape index (κ2) is 12.9. The second-order valence-corrected chi connectivity index (χ2v) is 11.0. The van der Waals surface area contributed by atoms with Gasteiger partial charge in [-0.2, -0.15) is 4.37 Å². The van der Waals surface area contributed by atoms with Gasteiger partial charge in [-0.05, 0) is 43.1 Å². The summed E-state index contributed by atoms with van der Waals surface area (Å²) in [7, 11) is 3.27. The standard InChI is InChI=1S/C30H35N5O6S/c1-5-41-30(36)26-19(2)31-29-28(27(26)20-7-6-8-22(17-20)35(37)38)23(32-42-29)11-12-33-13-15-34(16-14-33)21-9-10-24(39-3)25(18-21)40-4/h6-10,17-18,26-27H,5,11-16H2,1-4H3. The highest BCUT2D eigenvalue weighted by atomic mass is 32.1. The first-order valence-corrected chi connectivity index (χ1v) is 14.8. The van der Waals surface area contributed by atoms with Gasteiger partial charge in [-0.1, -0.05) is 12.1 Å². The largest absolute Gasteiger partial charge is 0.493 e. The van der Waals surface area contributed by atoms with E-state index in [0.29, 0.717) is 29.2 Å². The number of ether oxygens (including phenoxy) is 3. The summed E-state index contributed by atoms with van der Waals surface area (Å²) in [6, 6.07) is 12.5. The molecule has 11 nitrogen and oxygen atoms in total. The van der Waals surface area contributed by atoms with Crippen LogP contribution in [-0.4, -0.2) is 79.4 Å². The van der Waals surface area contributed by atoms with Crippen LogP contribution in [-0.2, 0) is 16.0 Å². The lowest BCUT2D eigenvalue weighted by Crippen LogP contribution is -2.47. The number of aromatic nitrogens is 1. The summed E-state index contributed by atoms with van der Waals surface area (Å²) in [5.41, 5.74) is 4.13. The molecule has 0 bridgehead atoms. The van der Waals surface area contributed by atoms with Gasteiger partial charge in [0, 0.05) is 80.2 Å². The number of non-ortho nitro benzene ring substituents is 1. The number of aliphatic imine (C=N–C) groups is 1. The van der Waals surface area contributed by atoms with Gasteiger partial charge in [0.2, 0.25) is 0 Å². The fourth-order valence-electron chi connectivity index (χ4n) is 5.78. The topological polar surface area (TPSA) is 120 Å². The van der Waals surface area contributed by atoms with Crippen molar-refractivity contribution >= 4 is 39.6 Å². The Kier molecular flexibility index (Phi) is 9.03. The van der Waals surface area contributed by atoms with Gasteiger partial charge in [-0.25, -0.2) is 4.99 Å². The third-order valence-corrected chi connectivity index (χ3v) is 8.70. The Morgan fingerprint density at radius 2 is 1.86 bits per heavy atom. The monoisotopic (exact) mass is 593 g/mol. The fraction of sp³-hybridized carbons (Fsp3) is 0.433. The Balaban J connectivity index is 1.35. The predicted molar refractivity (Wildman–Crippen MR) is 162 cm³/mol. The van der Waals surface area contributed by atoms with Crippen molar-refractivity contribution in [2.75, 3.05) is 58.5 Å². The molecule has 0 radical (unpaired) electrons. The number of fused-ring (bicyclic) bond motifs is 1. The van der Waals surface area contributed by atoms with Gasteiger partial charge in [-0.15, -0.1) is 0 Å². The Morgan fingerprint density at radius 1 is 1.10 bits per heavy atom. The third-order valence-electron chi connectivity index (χ3n) is 7.91. The number of carbonyl (C=O) groups excluding carboxylic acids is 1. The van der Waals surface area contributed by atoms with Crippen LogP contribution in [0.15, 0.2) is 47.5 Å². The van der Waals surface area contributed by atoms with Crippen molar-refractivity contribution in [3.63, 3.8) is 0 Å². The molecular weight excluding hydrogens is 558 g/mol. The number of esters is 1. The van der Waals surface area contributed by atoms with Gasteiger partial charge in [-0.3, -0.25) is 19.8 Å². The molecule has 12 heteroatoms. The van der Waals surface area contributed by atoms with E-state index in [-0.39, 0.29) is 18.3 Å². The third kappa shape index (κ3) is 5.95. The van der Waals surface area contributed by atoms with Crippen molar-refractivity contribution in [3.05, 3.63) is 69.4 Å². The average Bonchev–Trinajstić information content (AvgIpc) is 3.41. The molecule has 2 aromatic carbocycles. The summed E-state index contributed by atoms with van der Waals surface area (Å²) in [6.45, 7) is 8.13. The molecule has 2 aliphatic heterocycles. The van der Waals surface area contributed by atoms with Gasteiger partial charge < -0.3 is 19.1 Å². The van der Waals surface area contributed by atoms with E-state index in [9.17, 15) is 14.9 Å². The van der Waals surface area contributed by atoms with Crippen LogP contribution in [0.5, 0.6) is 11.5 Å². The van der Waals surface area contributed by atoms with E-state index in [2.05, 4.69) is 15.9 Å². The lowest BCUT2D eigenvalue weighted by Gasteiger charge is -2.36. The van der Waals surface area contributed by atoms with Crippen molar-refractivity contribution in [3.8, 4) is 11.5 Å². The number of nitrogens with zero attached hydrogens (tertiary/aromatic N) is 5. The Morgan fingerprint density at radius 3 is 2.55 bits per heavy atom. The first-order chi connectivity index (χ1) is 20.3. The molecule has 1 saturated heterocycles. The van der Waals surface area contributed by atoms with E-state index < -0.39 is 16.8 Å². The van der Waals surface area contributed by atoms with Gasteiger partial charge in [0.25, 0.3) is 5.69 Å². The molecule has 3 aromatic rings. The molecule has 1 aromatic heterocycles. The van der Waals surface area contributed by atoms with E-state index in [1.54, 1.807) is 33.3 Å². The normalized spacial score (nSPS) is 18.7. The van der Waals surface area contributed by atoms with E-state index in [1.165, 1.54) is 17.6 Å². The minimum absolute atomic E-state index is 0.0195. The van der Waals surface area contributed by atoms with Crippen LogP contribution in [0.4, 0.5) is 16.4 Å². The van der Waals surface area contributed by atoms with E-state index >= 15 is 0 Å². The molecule has 0 saturated carbocycles. The van der Waals surface area contributed by atoms with Crippen LogP contribution in [0.3, 0.4) is 0 Å². The summed E-state index contributed by atoms with van der Waals surface area (Å²) in [4.78, 5) is 33.9. The molecule has 0 amide bonds. The summed E-state index contributed by atoms with van der Waals surface area (Å²) < 4.78 is 21.1. The lowest BCUT2D eigenvalue weighted by atomic mass is 9.76. The molecule has 0 N–H and O–H groups in total. The smallest absolute Gasteiger partial charge is 0.315 e. The molecule has 42 heavy (non-hydrogen) atoms. The predicted octanol–water partition coefficient (Wildman–Crippen LogP) is 4.85. The summed E-state index contributed by atoms with van der Waals surface area (Å²) in [6.07, 6.45) is 0.678. The van der Waals surface area contributed by atoms with Crippen molar-refractivity contribution in [2.45, 2.75) is 26.2 Å². The molecule has 2 atom stereocenters. The summed E-state index contributed by atoms with van der Waals surface area (Å²) in [5, 5.41) is 12.3. The number of hydrogen-bond donors (Lipinski definition) is 0. The molecule has 222 valence electrons. The number of benzene rings is 2. The van der Waals surface area contributed by atoms with Crippen LogP contribution in [0.25, 0.3) is 0 Å². The zero-order chi connectivity index (χ0) is 29.8. The van der Waals surface area contributed by atoms with Crippen LogP contribution < -0.4 is 14.4 Å². The molecule has 5 rings (SSSR count). The number of nitro groups is 1. The summed E-state index contributed by atoms with van der Waals surface area (Å²) in [5.74, 6) is -0.112. The Bertz CT molecular complexity index is 1480. The fourth-order valence-corrected chi connectivity index (χ4v) is 6.69. The number of piperazine rings is 1. The first-order valence-electron chi connectivity index (χ1n) is 14.0. The van der Waals surface area contributed by atoms with Gasteiger partial charge in [0.05, 0.1) is 31.4 Å². The van der Waals surface area contributed by atoms with Crippen LogP contribution >= 0.6 is 11.5 Å². The van der Waals surface area contributed by atoms with Crippen molar-refractivity contribution in [2.24, 2.45) is 10.9 Å². The maximum atomic E-state index is 13.2. The number of anilines is 1. The Hall–Kier alpha value is -4.03. The highest BCUT2D eigenvalue weighted by Gasteiger charge is 2.41. The summed E-state index contributed by atoms with van der Waals surface area (Å²) >= 11 is 1.31. The van der Waals surface area contributed by atoms with E-state index in [4.69, 9.17) is 23.6 Å². The number of hydrogen-bond acceptors (Lipinski definition) is 11. The van der Waals surface area contributed by atoms with E-state index in [1.807, 2.05) is 25.1 Å². The quantitative estimate of drug-likeness (QED) is 0.185. The number of methoxy groups -OCH3 is 2. The van der Waals surface area contributed by atoms with Gasteiger partial charge >= 0.3 is 5.97 Å². The molecule has 2 aliphatic rings. The van der Waals surface area contributed by atoms with Crippen LogP contribution in [0, 0.1) is 16.0 Å². The second-order valence-electron chi connectivity index (χ2n) is 10.3. The molecule has 2 unspecified atom stereocenters. The van der Waals surface area contributed by atoms with Gasteiger partial charge in [0.1, 0.15) is 10.9 Å². The van der Waals surface area contributed by atoms with Crippen molar-refractivity contribution < 1.29 is 23.9 Å². The van der Waals surface area contributed by atoms with E-state index in [0.717, 1.165) is 54.7 Å². The number of nitro benzene ring substituents is 1. The Labute approximate surface area is 249 Å². The molecule has 3 heterocycles. The SMILES string of the molecule is CCOC(=O)C1C(C)=Nc2snc(CCN3CCN(c4ccc(OC)c(OC)c4)CC3)c2C1c1cccc([N+](=O)[O-])c1. The molecule has 1 fully saturated rings. The first kappa shape index (κ1) is 29.5.